The van der Waals surface area contributed by atoms with Crippen molar-refractivity contribution in [2.45, 2.75) is 12.5 Å². The third kappa shape index (κ3) is 3.47. The molecule has 1 aliphatic heterocycles. The van der Waals surface area contributed by atoms with E-state index in [4.69, 9.17) is 5.11 Å². The van der Waals surface area contributed by atoms with Gasteiger partial charge in [0, 0.05) is 19.6 Å². The van der Waals surface area contributed by atoms with Gasteiger partial charge in [0.1, 0.15) is 6.67 Å². The van der Waals surface area contributed by atoms with E-state index in [0.29, 0.717) is 6.54 Å². The smallest absolute Gasteiger partial charge is 0.117 e. The maximum absolute atomic E-state index is 12.0. The molecule has 0 bridgehead atoms. The number of alkyl halides is 1. The molecule has 0 amide bonds. The summed E-state index contributed by atoms with van der Waals surface area (Å²) >= 11 is 0. The molecule has 0 saturated carbocycles. The van der Waals surface area contributed by atoms with E-state index in [0.717, 1.165) is 32.6 Å². The van der Waals surface area contributed by atoms with Crippen LogP contribution in [0.15, 0.2) is 0 Å². The van der Waals surface area contributed by atoms with Crippen molar-refractivity contribution in [1.29, 1.82) is 0 Å². The standard InChI is InChI=1S/C8H17FN2O/c9-6-8(12)7-11-4-1-2-10-3-5-11/h8,10,12H,1-7H2. The van der Waals surface area contributed by atoms with Crippen LogP contribution in [0.25, 0.3) is 0 Å². The molecule has 1 unspecified atom stereocenters. The Labute approximate surface area is 72.6 Å². The number of halogens is 1. The molecule has 12 heavy (non-hydrogen) atoms. The summed E-state index contributed by atoms with van der Waals surface area (Å²) < 4.78 is 12.0. The molecule has 2 N–H and O–H groups in total. The van der Waals surface area contributed by atoms with Gasteiger partial charge in [-0.1, -0.05) is 0 Å². The van der Waals surface area contributed by atoms with Crippen LogP contribution in [0, 0.1) is 0 Å². The lowest BCUT2D eigenvalue weighted by atomic mass is 10.3. The lowest BCUT2D eigenvalue weighted by Crippen LogP contribution is -2.35. The molecule has 72 valence electrons. The molecule has 0 aromatic carbocycles. The lowest BCUT2D eigenvalue weighted by molar-refractivity contribution is 0.0924. The Morgan fingerprint density at radius 1 is 1.42 bits per heavy atom. The maximum atomic E-state index is 12.0. The number of hydrogen-bond acceptors (Lipinski definition) is 3. The molecule has 0 aromatic heterocycles. The van der Waals surface area contributed by atoms with Gasteiger partial charge in [0.05, 0.1) is 6.10 Å². The van der Waals surface area contributed by atoms with Gasteiger partial charge in [-0.25, -0.2) is 4.39 Å². The van der Waals surface area contributed by atoms with E-state index < -0.39 is 12.8 Å². The predicted molar refractivity (Wildman–Crippen MR) is 45.9 cm³/mol. The van der Waals surface area contributed by atoms with Crippen molar-refractivity contribution < 1.29 is 9.50 Å². The minimum atomic E-state index is -0.803. The van der Waals surface area contributed by atoms with E-state index in [1.807, 2.05) is 0 Å². The molecule has 0 aromatic rings. The second-order valence-electron chi connectivity index (χ2n) is 3.21. The number of β-amino-alcohol motifs (C(OH)–C–C–N with tert-alkyl or cyclic N) is 1. The predicted octanol–water partition coefficient (Wildman–Crippen LogP) is -0.388. The van der Waals surface area contributed by atoms with Crippen LogP contribution < -0.4 is 5.32 Å². The summed E-state index contributed by atoms with van der Waals surface area (Å²) in [6.45, 7) is 3.68. The van der Waals surface area contributed by atoms with Gasteiger partial charge in [-0.3, -0.25) is 4.90 Å². The Balaban J connectivity index is 2.20. The van der Waals surface area contributed by atoms with Gasteiger partial charge in [0.15, 0.2) is 0 Å². The van der Waals surface area contributed by atoms with Crippen molar-refractivity contribution in [2.75, 3.05) is 39.4 Å². The van der Waals surface area contributed by atoms with Crippen LogP contribution in [0.4, 0.5) is 4.39 Å². The highest BCUT2D eigenvalue weighted by atomic mass is 19.1. The van der Waals surface area contributed by atoms with Gasteiger partial charge in [-0.15, -0.1) is 0 Å². The van der Waals surface area contributed by atoms with Gasteiger partial charge in [0.25, 0.3) is 0 Å². The molecule has 1 aliphatic rings. The van der Waals surface area contributed by atoms with Gasteiger partial charge in [0.2, 0.25) is 0 Å². The van der Waals surface area contributed by atoms with Gasteiger partial charge in [-0.2, -0.15) is 0 Å². The summed E-state index contributed by atoms with van der Waals surface area (Å²) in [4.78, 5) is 2.10. The fourth-order valence-electron chi connectivity index (χ4n) is 1.43. The highest BCUT2D eigenvalue weighted by Crippen LogP contribution is 1.97. The van der Waals surface area contributed by atoms with Crippen molar-refractivity contribution in [3.8, 4) is 0 Å². The Hall–Kier alpha value is -0.190. The molecule has 1 fully saturated rings. The number of nitrogens with zero attached hydrogens (tertiary/aromatic N) is 1. The van der Waals surface area contributed by atoms with Gasteiger partial charge in [-0.05, 0) is 19.5 Å². The third-order valence-electron chi connectivity index (χ3n) is 2.08. The zero-order valence-corrected chi connectivity index (χ0v) is 7.30. The van der Waals surface area contributed by atoms with E-state index in [9.17, 15) is 4.39 Å². The molecule has 1 heterocycles. The van der Waals surface area contributed by atoms with E-state index in [2.05, 4.69) is 10.2 Å². The van der Waals surface area contributed by atoms with Crippen molar-refractivity contribution >= 4 is 0 Å². The molecular weight excluding hydrogens is 159 g/mol. The third-order valence-corrected chi connectivity index (χ3v) is 2.08. The first-order valence-corrected chi connectivity index (χ1v) is 4.50. The first-order chi connectivity index (χ1) is 5.83. The average Bonchev–Trinajstić information content (AvgIpc) is 2.33. The number of aliphatic hydroxyl groups excluding tert-OH is 1. The minimum Gasteiger partial charge on any atom is -0.389 e. The Morgan fingerprint density at radius 2 is 2.25 bits per heavy atom. The summed E-state index contributed by atoms with van der Waals surface area (Å²) in [7, 11) is 0. The van der Waals surface area contributed by atoms with E-state index in [1.165, 1.54) is 0 Å². The molecule has 4 heteroatoms. The Kier molecular flexibility index (Phi) is 4.50. The Morgan fingerprint density at radius 3 is 3.00 bits per heavy atom. The van der Waals surface area contributed by atoms with Crippen LogP contribution in [0.5, 0.6) is 0 Å². The van der Waals surface area contributed by atoms with Crippen molar-refractivity contribution in [3.05, 3.63) is 0 Å². The van der Waals surface area contributed by atoms with Crippen LogP contribution in [-0.4, -0.2) is 55.5 Å². The fourth-order valence-corrected chi connectivity index (χ4v) is 1.43. The summed E-state index contributed by atoms with van der Waals surface area (Å²) in [5.74, 6) is 0. The molecule has 0 radical (unpaired) electrons. The molecule has 0 spiro atoms. The normalized spacial score (nSPS) is 23.5. The van der Waals surface area contributed by atoms with Crippen LogP contribution in [0.3, 0.4) is 0 Å². The number of aliphatic hydroxyl groups is 1. The summed E-state index contributed by atoms with van der Waals surface area (Å²) in [5.41, 5.74) is 0. The van der Waals surface area contributed by atoms with Crippen LogP contribution in [-0.2, 0) is 0 Å². The largest absolute Gasteiger partial charge is 0.389 e. The first kappa shape index (κ1) is 9.89. The topological polar surface area (TPSA) is 35.5 Å². The molecule has 0 aliphatic carbocycles. The summed E-state index contributed by atoms with van der Waals surface area (Å²) in [6.07, 6.45) is 0.280. The van der Waals surface area contributed by atoms with Crippen LogP contribution >= 0.6 is 0 Å². The lowest BCUT2D eigenvalue weighted by Gasteiger charge is -2.21. The van der Waals surface area contributed by atoms with Crippen LogP contribution in [0.2, 0.25) is 0 Å². The minimum absolute atomic E-state index is 0.470. The number of hydrogen-bond donors (Lipinski definition) is 2. The van der Waals surface area contributed by atoms with E-state index in [-0.39, 0.29) is 0 Å². The molecule has 3 nitrogen and oxygen atoms in total. The zero-order chi connectivity index (χ0) is 8.81. The Bertz CT molecular complexity index is 116. The monoisotopic (exact) mass is 176 g/mol. The molecule has 1 rings (SSSR count). The number of rotatable bonds is 3. The van der Waals surface area contributed by atoms with Crippen molar-refractivity contribution in [3.63, 3.8) is 0 Å². The van der Waals surface area contributed by atoms with Crippen molar-refractivity contribution in [2.24, 2.45) is 0 Å². The van der Waals surface area contributed by atoms with E-state index in [1.54, 1.807) is 0 Å². The van der Waals surface area contributed by atoms with E-state index >= 15 is 0 Å². The van der Waals surface area contributed by atoms with Gasteiger partial charge < -0.3 is 10.4 Å². The SMILES string of the molecule is OC(CF)CN1CCCNCC1. The number of nitrogens with one attached hydrogen (secondary N) is 1. The fraction of sp³-hybridized carbons (Fsp3) is 1.00. The maximum Gasteiger partial charge on any atom is 0.117 e. The molecule has 1 atom stereocenters. The second kappa shape index (κ2) is 5.45. The zero-order valence-electron chi connectivity index (χ0n) is 7.30. The second-order valence-corrected chi connectivity index (χ2v) is 3.21. The highest BCUT2D eigenvalue weighted by molar-refractivity contribution is 4.68. The molecule has 1 saturated heterocycles. The average molecular weight is 176 g/mol. The summed E-state index contributed by atoms with van der Waals surface area (Å²) in [5, 5.41) is 12.3. The quantitative estimate of drug-likeness (QED) is 0.615. The van der Waals surface area contributed by atoms with Crippen molar-refractivity contribution in [1.82, 2.24) is 10.2 Å². The summed E-state index contributed by atoms with van der Waals surface area (Å²) in [6, 6.07) is 0. The van der Waals surface area contributed by atoms with Gasteiger partial charge >= 0.3 is 0 Å². The highest BCUT2D eigenvalue weighted by Gasteiger charge is 2.12. The first-order valence-electron chi connectivity index (χ1n) is 4.50. The molecular formula is C8H17FN2O. The van der Waals surface area contributed by atoms with Crippen LogP contribution in [0.1, 0.15) is 6.42 Å².